The van der Waals surface area contributed by atoms with E-state index in [0.29, 0.717) is 12.3 Å². The van der Waals surface area contributed by atoms with Crippen molar-refractivity contribution in [3.05, 3.63) is 12.2 Å². The van der Waals surface area contributed by atoms with Crippen molar-refractivity contribution in [2.45, 2.75) is 0 Å². The molecule has 1 fully saturated rings. The number of thioether (sulfide) groups is 1. The second-order valence-corrected chi connectivity index (χ2v) is 3.50. The highest BCUT2D eigenvalue weighted by molar-refractivity contribution is 8.14. The molecule has 66 valence electrons. The molecule has 0 N–H and O–H groups in total. The topological polar surface area (TPSA) is 37.4 Å². The predicted octanol–water partition coefficient (Wildman–Crippen LogP) is 1.17. The first-order valence-electron chi connectivity index (χ1n) is 3.48. The van der Waals surface area contributed by atoms with Gasteiger partial charge in [0.2, 0.25) is 5.91 Å². The SMILES string of the molecule is O=C1CSC(=O)N1CC=CCS. The minimum absolute atomic E-state index is 0.103. The van der Waals surface area contributed by atoms with Crippen LogP contribution in [-0.4, -0.2) is 34.1 Å². The Hall–Kier alpha value is -0.420. The summed E-state index contributed by atoms with van der Waals surface area (Å²) in [6.45, 7) is 0.380. The molecule has 2 amide bonds. The van der Waals surface area contributed by atoms with Crippen LogP contribution in [0.4, 0.5) is 4.79 Å². The van der Waals surface area contributed by atoms with Gasteiger partial charge >= 0.3 is 0 Å². The Labute approximate surface area is 80.6 Å². The standard InChI is InChI=1S/C7H9NO2S2/c9-6-5-12-7(10)8(6)3-1-2-4-11/h1-2,11H,3-5H2. The van der Waals surface area contributed by atoms with Gasteiger partial charge in [-0.3, -0.25) is 14.5 Å². The monoisotopic (exact) mass is 203 g/mol. The zero-order chi connectivity index (χ0) is 8.97. The molecule has 5 heteroatoms. The van der Waals surface area contributed by atoms with Crippen LogP contribution in [0.25, 0.3) is 0 Å². The molecule has 0 aliphatic carbocycles. The molecule has 1 heterocycles. The van der Waals surface area contributed by atoms with Crippen LogP contribution in [0.15, 0.2) is 12.2 Å². The van der Waals surface area contributed by atoms with Gasteiger partial charge in [-0.15, -0.1) is 0 Å². The number of hydrogen-bond acceptors (Lipinski definition) is 4. The largest absolute Gasteiger partial charge is 0.289 e. The molecule has 1 aliphatic heterocycles. The molecule has 0 spiro atoms. The van der Waals surface area contributed by atoms with Crippen molar-refractivity contribution >= 4 is 35.5 Å². The Kier molecular flexibility index (Phi) is 3.68. The van der Waals surface area contributed by atoms with Crippen LogP contribution in [0.1, 0.15) is 0 Å². The summed E-state index contributed by atoms with van der Waals surface area (Å²) in [5.41, 5.74) is 0. The van der Waals surface area contributed by atoms with Crippen molar-refractivity contribution in [2.75, 3.05) is 18.1 Å². The summed E-state index contributed by atoms with van der Waals surface area (Å²) in [5.74, 6) is 0.811. The number of rotatable bonds is 3. The molecular weight excluding hydrogens is 194 g/mol. The smallest absolute Gasteiger partial charge is 0.273 e. The lowest BCUT2D eigenvalue weighted by Gasteiger charge is -2.08. The van der Waals surface area contributed by atoms with Crippen molar-refractivity contribution in [3.63, 3.8) is 0 Å². The Morgan fingerprint density at radius 1 is 1.50 bits per heavy atom. The van der Waals surface area contributed by atoms with E-state index in [1.54, 1.807) is 6.08 Å². The molecule has 1 saturated heterocycles. The van der Waals surface area contributed by atoms with Crippen molar-refractivity contribution in [1.29, 1.82) is 0 Å². The van der Waals surface area contributed by atoms with Crippen molar-refractivity contribution in [2.24, 2.45) is 0 Å². The van der Waals surface area contributed by atoms with Crippen LogP contribution < -0.4 is 0 Å². The number of amides is 2. The molecule has 0 aromatic carbocycles. The molecule has 1 rings (SSSR count). The van der Waals surface area contributed by atoms with E-state index in [1.165, 1.54) is 4.90 Å². The van der Waals surface area contributed by atoms with E-state index < -0.39 is 0 Å². The van der Waals surface area contributed by atoms with E-state index in [1.807, 2.05) is 6.08 Å². The molecular formula is C7H9NO2S2. The summed E-state index contributed by atoms with van der Waals surface area (Å²) in [4.78, 5) is 23.2. The summed E-state index contributed by atoms with van der Waals surface area (Å²) >= 11 is 5.02. The van der Waals surface area contributed by atoms with E-state index in [2.05, 4.69) is 12.6 Å². The fraction of sp³-hybridized carbons (Fsp3) is 0.429. The van der Waals surface area contributed by atoms with Crippen LogP contribution in [0.2, 0.25) is 0 Å². The second kappa shape index (κ2) is 4.57. The molecule has 0 bridgehead atoms. The minimum atomic E-state index is -0.149. The zero-order valence-electron chi connectivity index (χ0n) is 6.40. The maximum absolute atomic E-state index is 11.0. The average Bonchev–Trinajstić information content (AvgIpc) is 2.35. The highest BCUT2D eigenvalue weighted by Gasteiger charge is 2.28. The van der Waals surface area contributed by atoms with Gasteiger partial charge in [0.1, 0.15) is 0 Å². The fourth-order valence-electron chi connectivity index (χ4n) is 0.812. The summed E-state index contributed by atoms with van der Waals surface area (Å²) in [7, 11) is 0. The molecule has 0 atom stereocenters. The van der Waals surface area contributed by atoms with Gasteiger partial charge in [0.05, 0.1) is 5.75 Å². The average molecular weight is 203 g/mol. The first-order chi connectivity index (χ1) is 5.75. The molecule has 1 aliphatic rings. The summed E-state index contributed by atoms with van der Waals surface area (Å²) in [5, 5.41) is -0.149. The zero-order valence-corrected chi connectivity index (χ0v) is 8.11. The second-order valence-electron chi connectivity index (χ2n) is 2.21. The third-order valence-corrected chi connectivity index (χ3v) is 2.47. The predicted molar refractivity (Wildman–Crippen MR) is 52.6 cm³/mol. The number of nitrogens with zero attached hydrogens (tertiary/aromatic N) is 1. The first-order valence-corrected chi connectivity index (χ1v) is 5.10. The number of carbonyl (C=O) groups is 2. The molecule has 0 saturated carbocycles. The molecule has 12 heavy (non-hydrogen) atoms. The van der Waals surface area contributed by atoms with E-state index in [0.717, 1.165) is 11.8 Å². The normalized spacial score (nSPS) is 18.2. The Balaban J connectivity index is 2.45. The third kappa shape index (κ3) is 2.28. The van der Waals surface area contributed by atoms with Gasteiger partial charge in [0.25, 0.3) is 5.24 Å². The van der Waals surface area contributed by atoms with Gasteiger partial charge in [-0.1, -0.05) is 23.9 Å². The Bertz CT molecular complexity index is 211. The summed E-state index contributed by atoms with van der Waals surface area (Å²) in [6.07, 6.45) is 3.58. The lowest BCUT2D eigenvalue weighted by atomic mass is 10.4. The van der Waals surface area contributed by atoms with Crippen molar-refractivity contribution in [3.8, 4) is 0 Å². The lowest BCUT2D eigenvalue weighted by molar-refractivity contribution is -0.124. The van der Waals surface area contributed by atoms with Gasteiger partial charge in [-0.25, -0.2) is 0 Å². The van der Waals surface area contributed by atoms with Crippen LogP contribution in [0.5, 0.6) is 0 Å². The van der Waals surface area contributed by atoms with Gasteiger partial charge in [-0.2, -0.15) is 12.6 Å². The van der Waals surface area contributed by atoms with E-state index in [4.69, 9.17) is 0 Å². The molecule has 0 aromatic heterocycles. The first kappa shape index (κ1) is 9.67. The lowest BCUT2D eigenvalue weighted by Crippen LogP contribution is -2.28. The van der Waals surface area contributed by atoms with Gasteiger partial charge in [0.15, 0.2) is 0 Å². The van der Waals surface area contributed by atoms with Gasteiger partial charge in [0, 0.05) is 12.3 Å². The number of imide groups is 1. The van der Waals surface area contributed by atoms with Crippen LogP contribution in [0.3, 0.4) is 0 Å². The van der Waals surface area contributed by atoms with Crippen LogP contribution >= 0.6 is 24.4 Å². The van der Waals surface area contributed by atoms with E-state index in [-0.39, 0.29) is 16.9 Å². The molecule has 0 aromatic rings. The van der Waals surface area contributed by atoms with E-state index >= 15 is 0 Å². The Morgan fingerprint density at radius 2 is 2.25 bits per heavy atom. The number of thiol groups is 1. The summed E-state index contributed by atoms with van der Waals surface area (Å²) in [6, 6.07) is 0. The van der Waals surface area contributed by atoms with Crippen molar-refractivity contribution < 1.29 is 9.59 Å². The Morgan fingerprint density at radius 3 is 2.75 bits per heavy atom. The molecule has 3 nitrogen and oxygen atoms in total. The van der Waals surface area contributed by atoms with E-state index in [9.17, 15) is 9.59 Å². The van der Waals surface area contributed by atoms with Crippen LogP contribution in [0, 0.1) is 0 Å². The molecule has 0 unspecified atom stereocenters. The minimum Gasteiger partial charge on any atom is -0.273 e. The fourth-order valence-corrected chi connectivity index (χ4v) is 1.70. The van der Waals surface area contributed by atoms with Crippen LogP contribution in [-0.2, 0) is 4.79 Å². The summed E-state index contributed by atoms with van der Waals surface area (Å²) < 4.78 is 0. The highest BCUT2D eigenvalue weighted by Crippen LogP contribution is 2.17. The van der Waals surface area contributed by atoms with Gasteiger partial charge in [-0.05, 0) is 0 Å². The maximum Gasteiger partial charge on any atom is 0.289 e. The maximum atomic E-state index is 11.0. The third-order valence-electron chi connectivity index (χ3n) is 1.40. The quantitative estimate of drug-likeness (QED) is 0.552. The highest BCUT2D eigenvalue weighted by atomic mass is 32.2. The number of carbonyl (C=O) groups excluding carboxylic acids is 2. The molecule has 0 radical (unpaired) electrons. The number of hydrogen-bond donors (Lipinski definition) is 1. The van der Waals surface area contributed by atoms with Gasteiger partial charge < -0.3 is 0 Å². The van der Waals surface area contributed by atoms with Crippen molar-refractivity contribution in [1.82, 2.24) is 4.90 Å².